The lowest BCUT2D eigenvalue weighted by atomic mass is 10.0. The number of allylic oxidation sites excluding steroid dienone is 1. The summed E-state index contributed by atoms with van der Waals surface area (Å²) >= 11 is 0. The average molecular weight is 454 g/mol. The number of carbonyl (C=O) groups excluding carboxylic acids is 1. The Morgan fingerprint density at radius 2 is 2.00 bits per heavy atom. The van der Waals surface area contributed by atoms with Crippen molar-refractivity contribution in [3.63, 3.8) is 0 Å². The number of rotatable bonds is 8. The van der Waals surface area contributed by atoms with E-state index in [1.165, 1.54) is 39.7 Å². The van der Waals surface area contributed by atoms with E-state index in [4.69, 9.17) is 5.73 Å². The van der Waals surface area contributed by atoms with Gasteiger partial charge in [-0.25, -0.2) is 4.39 Å². The fourth-order valence-electron chi connectivity index (χ4n) is 4.84. The Labute approximate surface area is 198 Å². The Kier molecular flexibility index (Phi) is 6.28. The van der Waals surface area contributed by atoms with E-state index in [9.17, 15) is 9.18 Å². The summed E-state index contributed by atoms with van der Waals surface area (Å²) in [6.07, 6.45) is 8.80. The first-order valence-corrected chi connectivity index (χ1v) is 11.7. The highest BCUT2D eigenvalue weighted by molar-refractivity contribution is 5.95. The molecule has 5 rings (SSSR count). The van der Waals surface area contributed by atoms with Crippen LogP contribution in [0.25, 0.3) is 17.0 Å². The van der Waals surface area contributed by atoms with E-state index < -0.39 is 5.82 Å². The molecule has 4 aromatic rings. The Morgan fingerprint density at radius 3 is 2.88 bits per heavy atom. The number of aryl methyl sites for hydroxylation is 1. The van der Waals surface area contributed by atoms with Crippen molar-refractivity contribution < 1.29 is 9.18 Å². The molecule has 172 valence electrons. The third-order valence-corrected chi connectivity index (χ3v) is 6.64. The maximum atomic E-state index is 13.2. The molecule has 5 heteroatoms. The minimum atomic E-state index is -0.395. The van der Waals surface area contributed by atoms with Gasteiger partial charge in [0.25, 0.3) is 0 Å². The van der Waals surface area contributed by atoms with Crippen LogP contribution in [0.1, 0.15) is 40.3 Å². The minimum absolute atomic E-state index is 0.0596. The van der Waals surface area contributed by atoms with Crippen molar-refractivity contribution >= 4 is 28.4 Å². The van der Waals surface area contributed by atoms with Crippen molar-refractivity contribution in [1.29, 1.82) is 0 Å². The van der Waals surface area contributed by atoms with Crippen molar-refractivity contribution in [2.75, 3.05) is 12.3 Å². The number of nitrogen functional groups attached to an aromatic ring is 1. The van der Waals surface area contributed by atoms with Crippen LogP contribution in [-0.2, 0) is 24.1 Å². The van der Waals surface area contributed by atoms with Crippen LogP contribution in [0.2, 0.25) is 0 Å². The molecule has 3 aromatic carbocycles. The van der Waals surface area contributed by atoms with Crippen LogP contribution in [-0.4, -0.2) is 17.3 Å². The number of nitrogens with two attached hydrogens (primary N) is 1. The Balaban J connectivity index is 1.18. The quantitative estimate of drug-likeness (QED) is 0.243. The van der Waals surface area contributed by atoms with E-state index in [0.717, 1.165) is 31.4 Å². The van der Waals surface area contributed by atoms with Crippen molar-refractivity contribution in [2.24, 2.45) is 0 Å². The normalized spacial score (nSPS) is 15.3. The number of para-hydroxylation sites is 1. The van der Waals surface area contributed by atoms with Crippen LogP contribution in [0.15, 0.2) is 72.9 Å². The van der Waals surface area contributed by atoms with Crippen LogP contribution >= 0.6 is 0 Å². The van der Waals surface area contributed by atoms with Gasteiger partial charge in [0.05, 0.1) is 0 Å². The SMILES string of the molecule is Nc1cc(F)ccc1CC(=O)/C=C/c1ccc2c(c1)CCC2NCCc1c[nH]c2ccccc12. The van der Waals surface area contributed by atoms with E-state index >= 15 is 0 Å². The second kappa shape index (κ2) is 9.65. The summed E-state index contributed by atoms with van der Waals surface area (Å²) in [6, 6.07) is 19.3. The Bertz CT molecular complexity index is 1370. The number of hydrogen-bond donors (Lipinski definition) is 3. The van der Waals surface area contributed by atoms with Gasteiger partial charge in [-0.1, -0.05) is 48.5 Å². The first-order valence-electron chi connectivity index (χ1n) is 11.7. The maximum Gasteiger partial charge on any atom is 0.160 e. The Hall–Kier alpha value is -3.70. The second-order valence-electron chi connectivity index (χ2n) is 8.93. The number of carbonyl (C=O) groups is 1. The summed E-state index contributed by atoms with van der Waals surface area (Å²) in [5, 5.41) is 5.02. The van der Waals surface area contributed by atoms with Gasteiger partial charge in [0, 0.05) is 35.2 Å². The molecule has 1 atom stereocenters. The molecule has 0 fully saturated rings. The van der Waals surface area contributed by atoms with E-state index in [-0.39, 0.29) is 12.2 Å². The van der Waals surface area contributed by atoms with Crippen molar-refractivity contribution in [3.05, 3.63) is 107 Å². The summed E-state index contributed by atoms with van der Waals surface area (Å²) < 4.78 is 13.2. The summed E-state index contributed by atoms with van der Waals surface area (Å²) in [7, 11) is 0. The van der Waals surface area contributed by atoms with Crippen molar-refractivity contribution in [1.82, 2.24) is 10.3 Å². The molecule has 0 bridgehead atoms. The zero-order valence-corrected chi connectivity index (χ0v) is 19.0. The highest BCUT2D eigenvalue weighted by atomic mass is 19.1. The smallest absolute Gasteiger partial charge is 0.160 e. The van der Waals surface area contributed by atoms with Gasteiger partial charge in [0.2, 0.25) is 0 Å². The molecule has 1 aliphatic rings. The van der Waals surface area contributed by atoms with Gasteiger partial charge in [0.15, 0.2) is 5.78 Å². The van der Waals surface area contributed by atoms with Gasteiger partial charge in [-0.15, -0.1) is 0 Å². The van der Waals surface area contributed by atoms with Crippen LogP contribution in [0.4, 0.5) is 10.1 Å². The third kappa shape index (κ3) is 4.80. The number of nitrogens with one attached hydrogen (secondary N) is 2. The minimum Gasteiger partial charge on any atom is -0.398 e. The molecule has 0 aliphatic heterocycles. The molecule has 1 unspecified atom stereocenters. The fraction of sp³-hybridized carbons (Fsp3) is 0.207. The van der Waals surface area contributed by atoms with E-state index in [1.54, 1.807) is 12.1 Å². The topological polar surface area (TPSA) is 70.9 Å². The van der Waals surface area contributed by atoms with Gasteiger partial charge >= 0.3 is 0 Å². The van der Waals surface area contributed by atoms with E-state index in [2.05, 4.69) is 59.0 Å². The zero-order chi connectivity index (χ0) is 23.5. The van der Waals surface area contributed by atoms with Crippen LogP contribution in [0.5, 0.6) is 0 Å². The number of ketones is 1. The largest absolute Gasteiger partial charge is 0.398 e. The molecule has 0 saturated heterocycles. The first-order chi connectivity index (χ1) is 16.6. The van der Waals surface area contributed by atoms with E-state index in [0.29, 0.717) is 17.3 Å². The molecule has 0 radical (unpaired) electrons. The van der Waals surface area contributed by atoms with E-state index in [1.807, 2.05) is 6.08 Å². The molecule has 0 amide bonds. The maximum absolute atomic E-state index is 13.2. The summed E-state index contributed by atoms with van der Waals surface area (Å²) in [5.41, 5.74) is 13.0. The van der Waals surface area contributed by atoms with Crippen molar-refractivity contribution in [2.45, 2.75) is 31.7 Å². The predicted octanol–water partition coefficient (Wildman–Crippen LogP) is 5.53. The number of aromatic amines is 1. The highest BCUT2D eigenvalue weighted by Crippen LogP contribution is 2.32. The summed E-state index contributed by atoms with van der Waals surface area (Å²) in [6.45, 7) is 0.925. The predicted molar refractivity (Wildman–Crippen MR) is 136 cm³/mol. The van der Waals surface area contributed by atoms with Gasteiger partial charge in [-0.3, -0.25) is 4.79 Å². The molecular weight excluding hydrogens is 425 g/mol. The lowest BCUT2D eigenvalue weighted by Crippen LogP contribution is -2.21. The monoisotopic (exact) mass is 453 g/mol. The lowest BCUT2D eigenvalue weighted by Gasteiger charge is -2.14. The number of benzene rings is 3. The number of fused-ring (bicyclic) bond motifs is 2. The fourth-order valence-corrected chi connectivity index (χ4v) is 4.84. The number of hydrogen-bond acceptors (Lipinski definition) is 3. The van der Waals surface area contributed by atoms with Gasteiger partial charge in [-0.05, 0) is 77.9 Å². The molecular formula is C29H28FN3O. The number of aromatic nitrogens is 1. The van der Waals surface area contributed by atoms with Crippen LogP contribution < -0.4 is 11.1 Å². The molecule has 1 aliphatic carbocycles. The molecule has 0 saturated carbocycles. The number of halogens is 1. The third-order valence-electron chi connectivity index (χ3n) is 6.64. The molecule has 4 nitrogen and oxygen atoms in total. The van der Waals surface area contributed by atoms with Crippen molar-refractivity contribution in [3.8, 4) is 0 Å². The highest BCUT2D eigenvalue weighted by Gasteiger charge is 2.21. The average Bonchev–Trinajstić information content (AvgIpc) is 3.44. The Morgan fingerprint density at radius 1 is 1.12 bits per heavy atom. The number of anilines is 1. The summed E-state index contributed by atoms with van der Waals surface area (Å²) in [5.74, 6) is -0.455. The van der Waals surface area contributed by atoms with Crippen LogP contribution in [0.3, 0.4) is 0 Å². The first kappa shape index (κ1) is 22.1. The lowest BCUT2D eigenvalue weighted by molar-refractivity contribution is -0.113. The van der Waals surface area contributed by atoms with Crippen LogP contribution in [0, 0.1) is 5.82 Å². The standard InChI is InChI=1S/C29H28FN3O/c30-23-9-7-21(27(31)17-23)16-24(34)10-5-19-6-11-26-20(15-19)8-12-29(26)32-14-13-22-18-33-28-4-2-1-3-25(22)28/h1-7,9-11,15,17-18,29,32-33H,8,12-14,16,31H2/b10-5+. The molecule has 1 aromatic heterocycles. The van der Waals surface area contributed by atoms with Gasteiger partial charge < -0.3 is 16.0 Å². The molecule has 0 spiro atoms. The molecule has 34 heavy (non-hydrogen) atoms. The zero-order valence-electron chi connectivity index (χ0n) is 19.0. The van der Waals surface area contributed by atoms with Gasteiger partial charge in [-0.2, -0.15) is 0 Å². The van der Waals surface area contributed by atoms with Gasteiger partial charge in [0.1, 0.15) is 5.82 Å². The number of H-pyrrole nitrogens is 1. The molecule has 4 N–H and O–H groups in total. The second-order valence-corrected chi connectivity index (χ2v) is 8.93. The summed E-state index contributed by atoms with van der Waals surface area (Å²) in [4.78, 5) is 15.7. The molecule has 1 heterocycles.